The highest BCUT2D eigenvalue weighted by Gasteiger charge is 2.16. The van der Waals surface area contributed by atoms with E-state index >= 15 is 0 Å². The number of hydrogen-bond acceptors (Lipinski definition) is 3. The third-order valence-corrected chi connectivity index (χ3v) is 4.13. The van der Waals surface area contributed by atoms with Crippen LogP contribution in [0.15, 0.2) is 24.3 Å². The molecule has 1 unspecified atom stereocenters. The van der Waals surface area contributed by atoms with Gasteiger partial charge in [-0.05, 0) is 51.4 Å². The van der Waals surface area contributed by atoms with Crippen molar-refractivity contribution in [1.82, 2.24) is 10.2 Å². The summed E-state index contributed by atoms with van der Waals surface area (Å²) < 4.78 is 5.41. The maximum atomic E-state index is 5.41. The summed E-state index contributed by atoms with van der Waals surface area (Å²) in [6.45, 7) is 6.92. The van der Waals surface area contributed by atoms with Gasteiger partial charge in [0.15, 0.2) is 0 Å². The molecule has 2 rings (SSSR count). The van der Waals surface area contributed by atoms with Gasteiger partial charge in [-0.1, -0.05) is 25.1 Å². The average molecular weight is 276 g/mol. The number of methoxy groups -OCH3 is 1. The fraction of sp³-hybridized carbons (Fsp3) is 0.647. The molecule has 0 radical (unpaired) electrons. The molecule has 3 nitrogen and oxygen atoms in total. The Morgan fingerprint density at radius 1 is 1.25 bits per heavy atom. The standard InChI is InChI=1S/C17H28N2O/c1-3-11-19-12-6-8-16(10-13-19)18-14-15-7-4-5-9-17(15)20-2/h4-5,7,9,16,18H,3,6,8,10-14H2,1-2H3. The molecule has 0 amide bonds. The van der Waals surface area contributed by atoms with Gasteiger partial charge in [0.05, 0.1) is 7.11 Å². The lowest BCUT2D eigenvalue weighted by Crippen LogP contribution is -2.31. The molecule has 1 atom stereocenters. The summed E-state index contributed by atoms with van der Waals surface area (Å²) in [5.41, 5.74) is 1.25. The molecule has 1 N–H and O–H groups in total. The first kappa shape index (κ1) is 15.3. The van der Waals surface area contributed by atoms with E-state index in [0.29, 0.717) is 6.04 Å². The Hall–Kier alpha value is -1.06. The van der Waals surface area contributed by atoms with Gasteiger partial charge in [-0.25, -0.2) is 0 Å². The Labute approximate surface area is 123 Å². The van der Waals surface area contributed by atoms with Gasteiger partial charge >= 0.3 is 0 Å². The van der Waals surface area contributed by atoms with Crippen molar-refractivity contribution in [3.05, 3.63) is 29.8 Å². The van der Waals surface area contributed by atoms with Crippen molar-refractivity contribution in [2.45, 2.75) is 45.2 Å². The second-order valence-electron chi connectivity index (χ2n) is 5.66. The van der Waals surface area contributed by atoms with Crippen molar-refractivity contribution in [2.24, 2.45) is 0 Å². The largest absolute Gasteiger partial charge is 0.496 e. The lowest BCUT2D eigenvalue weighted by molar-refractivity contribution is 0.282. The van der Waals surface area contributed by atoms with Crippen LogP contribution < -0.4 is 10.1 Å². The van der Waals surface area contributed by atoms with E-state index in [4.69, 9.17) is 4.74 Å². The van der Waals surface area contributed by atoms with Crippen molar-refractivity contribution in [3.8, 4) is 5.75 Å². The van der Waals surface area contributed by atoms with Crippen molar-refractivity contribution in [2.75, 3.05) is 26.7 Å². The summed E-state index contributed by atoms with van der Waals surface area (Å²) in [5.74, 6) is 0.987. The van der Waals surface area contributed by atoms with E-state index in [2.05, 4.69) is 29.3 Å². The Balaban J connectivity index is 1.82. The van der Waals surface area contributed by atoms with Gasteiger partial charge in [0.2, 0.25) is 0 Å². The number of nitrogens with one attached hydrogen (secondary N) is 1. The highest BCUT2D eigenvalue weighted by molar-refractivity contribution is 5.33. The third-order valence-electron chi connectivity index (χ3n) is 4.13. The van der Waals surface area contributed by atoms with E-state index in [0.717, 1.165) is 12.3 Å². The van der Waals surface area contributed by atoms with Crippen LogP contribution in [-0.4, -0.2) is 37.7 Å². The molecule has 1 saturated heterocycles. The van der Waals surface area contributed by atoms with Crippen molar-refractivity contribution in [1.29, 1.82) is 0 Å². The highest BCUT2D eigenvalue weighted by atomic mass is 16.5. The van der Waals surface area contributed by atoms with Gasteiger partial charge in [-0.15, -0.1) is 0 Å². The molecular weight excluding hydrogens is 248 g/mol. The van der Waals surface area contributed by atoms with Crippen LogP contribution in [0.5, 0.6) is 5.75 Å². The normalized spacial score (nSPS) is 20.6. The summed E-state index contributed by atoms with van der Waals surface area (Å²) >= 11 is 0. The molecule has 0 saturated carbocycles. The second kappa shape index (κ2) is 8.28. The molecule has 1 aromatic carbocycles. The van der Waals surface area contributed by atoms with Crippen LogP contribution in [0.4, 0.5) is 0 Å². The Morgan fingerprint density at radius 2 is 2.10 bits per heavy atom. The minimum Gasteiger partial charge on any atom is -0.496 e. The lowest BCUT2D eigenvalue weighted by atomic mass is 10.1. The minimum atomic E-state index is 0.641. The molecule has 0 spiro atoms. The van der Waals surface area contributed by atoms with E-state index in [1.165, 1.54) is 50.9 Å². The van der Waals surface area contributed by atoms with Gasteiger partial charge in [0.25, 0.3) is 0 Å². The van der Waals surface area contributed by atoms with Crippen molar-refractivity contribution in [3.63, 3.8) is 0 Å². The zero-order valence-electron chi connectivity index (χ0n) is 12.9. The summed E-state index contributed by atoms with van der Waals surface area (Å²) in [4.78, 5) is 2.60. The van der Waals surface area contributed by atoms with E-state index in [1.54, 1.807) is 7.11 Å². The first-order valence-corrected chi connectivity index (χ1v) is 7.91. The Bertz CT molecular complexity index is 394. The van der Waals surface area contributed by atoms with Crippen LogP contribution in [-0.2, 0) is 6.54 Å². The molecule has 1 aromatic rings. The second-order valence-corrected chi connectivity index (χ2v) is 5.66. The van der Waals surface area contributed by atoms with Crippen molar-refractivity contribution >= 4 is 0 Å². The van der Waals surface area contributed by atoms with Gasteiger partial charge in [-0.2, -0.15) is 0 Å². The molecule has 0 aromatic heterocycles. The van der Waals surface area contributed by atoms with Crippen molar-refractivity contribution < 1.29 is 4.74 Å². The lowest BCUT2D eigenvalue weighted by Gasteiger charge is -2.20. The molecule has 1 aliphatic rings. The average Bonchev–Trinajstić information content (AvgIpc) is 2.71. The number of hydrogen-bond donors (Lipinski definition) is 1. The van der Waals surface area contributed by atoms with E-state index in [9.17, 15) is 0 Å². The summed E-state index contributed by atoms with van der Waals surface area (Å²) in [6, 6.07) is 8.92. The zero-order chi connectivity index (χ0) is 14.2. The molecule has 1 heterocycles. The van der Waals surface area contributed by atoms with E-state index in [-0.39, 0.29) is 0 Å². The molecule has 3 heteroatoms. The summed E-state index contributed by atoms with van der Waals surface area (Å²) in [7, 11) is 1.74. The molecule has 1 fully saturated rings. The Morgan fingerprint density at radius 3 is 2.90 bits per heavy atom. The quantitative estimate of drug-likeness (QED) is 0.864. The monoisotopic (exact) mass is 276 g/mol. The first-order chi connectivity index (χ1) is 9.83. The maximum absolute atomic E-state index is 5.41. The first-order valence-electron chi connectivity index (χ1n) is 7.91. The molecule has 112 valence electrons. The number of likely N-dealkylation sites (tertiary alicyclic amines) is 1. The fourth-order valence-corrected chi connectivity index (χ4v) is 3.00. The molecule has 0 aliphatic carbocycles. The van der Waals surface area contributed by atoms with Crippen LogP contribution in [0, 0.1) is 0 Å². The topological polar surface area (TPSA) is 24.5 Å². The highest BCUT2D eigenvalue weighted by Crippen LogP contribution is 2.18. The fourth-order valence-electron chi connectivity index (χ4n) is 3.00. The molecule has 1 aliphatic heterocycles. The van der Waals surface area contributed by atoms with Gasteiger partial charge in [0, 0.05) is 18.2 Å². The number of nitrogens with zero attached hydrogens (tertiary/aromatic N) is 1. The van der Waals surface area contributed by atoms with Gasteiger partial charge < -0.3 is 15.0 Å². The molecule has 0 bridgehead atoms. The van der Waals surface area contributed by atoms with Crippen LogP contribution in [0.2, 0.25) is 0 Å². The smallest absolute Gasteiger partial charge is 0.123 e. The van der Waals surface area contributed by atoms with E-state index in [1.807, 2.05) is 12.1 Å². The molecular formula is C17H28N2O. The SMILES string of the molecule is CCCN1CCCC(NCc2ccccc2OC)CC1. The van der Waals surface area contributed by atoms with Gasteiger partial charge in [-0.3, -0.25) is 0 Å². The number of para-hydroxylation sites is 1. The van der Waals surface area contributed by atoms with Crippen LogP contribution in [0.1, 0.15) is 38.2 Å². The number of benzene rings is 1. The number of rotatable bonds is 6. The van der Waals surface area contributed by atoms with Crippen LogP contribution in [0.3, 0.4) is 0 Å². The van der Waals surface area contributed by atoms with E-state index < -0.39 is 0 Å². The van der Waals surface area contributed by atoms with Crippen LogP contribution >= 0.6 is 0 Å². The maximum Gasteiger partial charge on any atom is 0.123 e. The van der Waals surface area contributed by atoms with Crippen LogP contribution in [0.25, 0.3) is 0 Å². The Kier molecular flexibility index (Phi) is 6.34. The number of ether oxygens (including phenoxy) is 1. The van der Waals surface area contributed by atoms with Gasteiger partial charge in [0.1, 0.15) is 5.75 Å². The predicted octanol–water partition coefficient (Wildman–Crippen LogP) is 3.05. The third kappa shape index (κ3) is 4.50. The summed E-state index contributed by atoms with van der Waals surface area (Å²) in [5, 5.41) is 3.71. The minimum absolute atomic E-state index is 0.641. The summed E-state index contributed by atoms with van der Waals surface area (Å²) in [6.07, 6.45) is 5.12. The predicted molar refractivity (Wildman–Crippen MR) is 84.2 cm³/mol. The molecule has 20 heavy (non-hydrogen) atoms. The zero-order valence-corrected chi connectivity index (χ0v) is 12.9.